The number of carbonyl (C=O) groups excluding carboxylic acids is 5. The van der Waals surface area contributed by atoms with E-state index in [-0.39, 0.29) is 32.7 Å². The van der Waals surface area contributed by atoms with Gasteiger partial charge in [0.05, 0.1) is 12.1 Å². The molecule has 46 heavy (non-hydrogen) atoms. The Morgan fingerprint density at radius 1 is 1.11 bits per heavy atom. The number of imide groups is 1. The number of ether oxygens (including phenoxy) is 2. The monoisotopic (exact) mass is 660 g/mol. The Labute approximate surface area is 264 Å². The lowest BCUT2D eigenvalue weighted by molar-refractivity contribution is -0.148. The van der Waals surface area contributed by atoms with E-state index in [1.165, 1.54) is 43.1 Å². The van der Waals surface area contributed by atoms with Gasteiger partial charge in [0.2, 0.25) is 11.5 Å². The van der Waals surface area contributed by atoms with E-state index >= 15 is 0 Å². The number of halogens is 1. The van der Waals surface area contributed by atoms with Crippen LogP contribution in [0.2, 0.25) is 0 Å². The highest BCUT2D eigenvalue weighted by Crippen LogP contribution is 2.46. The molecule has 6 amide bonds. The van der Waals surface area contributed by atoms with Crippen LogP contribution in [0.25, 0.3) is 0 Å². The third kappa shape index (κ3) is 6.06. The molecule has 0 bridgehead atoms. The largest absolute Gasteiger partial charge is 0.449 e. The van der Waals surface area contributed by atoms with Crippen LogP contribution in [-0.2, 0) is 47.8 Å². The molecule has 2 saturated heterocycles. The molecule has 0 unspecified atom stereocenters. The van der Waals surface area contributed by atoms with E-state index in [2.05, 4.69) is 15.4 Å². The molecular formula is C29H33FN6O9S. The molecule has 3 N–H and O–H groups in total. The van der Waals surface area contributed by atoms with Gasteiger partial charge in [-0.1, -0.05) is 18.2 Å². The molecule has 0 saturated carbocycles. The molecule has 2 fully saturated rings. The molecule has 3 aliphatic rings. The summed E-state index contributed by atoms with van der Waals surface area (Å²) in [5.41, 5.74) is -0.622. The molecule has 1 spiro atoms. The number of hydrogen-bond acceptors (Lipinski definition) is 9. The summed E-state index contributed by atoms with van der Waals surface area (Å²) in [6.45, 7) is 1.85. The van der Waals surface area contributed by atoms with Crippen molar-refractivity contribution in [2.45, 2.75) is 44.4 Å². The quantitative estimate of drug-likeness (QED) is 0.361. The lowest BCUT2D eigenvalue weighted by Gasteiger charge is -2.52. The van der Waals surface area contributed by atoms with E-state index in [0.717, 1.165) is 9.21 Å². The number of amides is 6. The summed E-state index contributed by atoms with van der Waals surface area (Å²) in [6.07, 6.45) is -1.65. The number of hydrogen-bond donors (Lipinski definition) is 3. The Balaban J connectivity index is 1.36. The van der Waals surface area contributed by atoms with Crippen molar-refractivity contribution < 1.29 is 46.3 Å². The molecule has 246 valence electrons. The summed E-state index contributed by atoms with van der Waals surface area (Å²) in [4.78, 5) is 66.3. The maximum atomic E-state index is 13.9. The van der Waals surface area contributed by atoms with E-state index < -0.39 is 63.7 Å². The fourth-order valence-corrected chi connectivity index (χ4v) is 7.18. The SMILES string of the molecule is CCOC(=O)NS(=O)(=O)N1CC(C)(N(Cc2ccc(F)cc2)C(=O)CN2C(=O)O[C@@]3(CCc4cc(NC(=O)NC)ccc43)C2=O)C1. The van der Waals surface area contributed by atoms with E-state index in [4.69, 9.17) is 4.74 Å². The number of fused-ring (bicyclic) bond motifs is 2. The van der Waals surface area contributed by atoms with Crippen LogP contribution in [0.4, 0.5) is 24.5 Å². The highest BCUT2D eigenvalue weighted by Gasteiger charge is 2.59. The number of aryl methyl sites for hydroxylation is 1. The average Bonchev–Trinajstić information content (AvgIpc) is 3.46. The van der Waals surface area contributed by atoms with Gasteiger partial charge in [0.1, 0.15) is 12.4 Å². The molecule has 2 aliphatic heterocycles. The molecule has 5 rings (SSSR count). The van der Waals surface area contributed by atoms with Gasteiger partial charge in [-0.3, -0.25) is 9.59 Å². The number of nitrogens with one attached hydrogen (secondary N) is 3. The van der Waals surface area contributed by atoms with Gasteiger partial charge in [-0.25, -0.2) is 28.4 Å². The molecule has 15 nitrogen and oxygen atoms in total. The highest BCUT2D eigenvalue weighted by molar-refractivity contribution is 7.87. The first kappa shape index (κ1) is 32.6. The molecule has 2 aromatic carbocycles. The highest BCUT2D eigenvalue weighted by atomic mass is 32.2. The number of urea groups is 1. The Morgan fingerprint density at radius 3 is 2.46 bits per heavy atom. The van der Waals surface area contributed by atoms with E-state index in [1.807, 2.05) is 0 Å². The Kier molecular flexibility index (Phi) is 8.65. The molecule has 17 heteroatoms. The minimum Gasteiger partial charge on any atom is -0.449 e. The summed E-state index contributed by atoms with van der Waals surface area (Å²) >= 11 is 0. The number of benzene rings is 2. The normalized spacial score (nSPS) is 20.0. The first-order chi connectivity index (χ1) is 21.7. The molecule has 2 heterocycles. The summed E-state index contributed by atoms with van der Waals surface area (Å²) in [5.74, 6) is -1.91. The Hall–Kier alpha value is -4.77. The van der Waals surface area contributed by atoms with Crippen molar-refractivity contribution in [3.8, 4) is 0 Å². The number of carbonyl (C=O) groups is 5. The second-order valence-corrected chi connectivity index (χ2v) is 13.0. The first-order valence-corrected chi connectivity index (χ1v) is 15.8. The zero-order valence-electron chi connectivity index (χ0n) is 25.3. The second-order valence-electron chi connectivity index (χ2n) is 11.4. The van der Waals surface area contributed by atoms with Crippen molar-refractivity contribution >= 4 is 45.9 Å². The molecule has 1 atom stereocenters. The summed E-state index contributed by atoms with van der Waals surface area (Å²) in [7, 11) is -2.82. The maximum Gasteiger partial charge on any atom is 0.421 e. The molecular weight excluding hydrogens is 627 g/mol. The van der Waals surface area contributed by atoms with Gasteiger partial charge in [-0.05, 0) is 55.7 Å². The maximum absolute atomic E-state index is 13.9. The van der Waals surface area contributed by atoms with Crippen LogP contribution < -0.4 is 15.4 Å². The summed E-state index contributed by atoms with van der Waals surface area (Å²) < 4.78 is 52.1. The Bertz CT molecular complexity index is 1700. The minimum atomic E-state index is -4.29. The average molecular weight is 661 g/mol. The first-order valence-electron chi connectivity index (χ1n) is 14.4. The van der Waals surface area contributed by atoms with Crippen LogP contribution in [0.15, 0.2) is 42.5 Å². The van der Waals surface area contributed by atoms with Gasteiger partial charge in [0, 0.05) is 44.4 Å². The number of rotatable bonds is 9. The zero-order chi connectivity index (χ0) is 33.4. The van der Waals surface area contributed by atoms with Crippen molar-refractivity contribution in [3.63, 3.8) is 0 Å². The van der Waals surface area contributed by atoms with Gasteiger partial charge in [0.15, 0.2) is 0 Å². The molecule has 1 aliphatic carbocycles. The van der Waals surface area contributed by atoms with Crippen LogP contribution in [0.1, 0.15) is 37.0 Å². The second kappa shape index (κ2) is 12.2. The van der Waals surface area contributed by atoms with Crippen molar-refractivity contribution in [1.82, 2.24) is 24.1 Å². The van der Waals surface area contributed by atoms with Crippen LogP contribution in [0.5, 0.6) is 0 Å². The van der Waals surface area contributed by atoms with Crippen molar-refractivity contribution in [2.24, 2.45) is 0 Å². The standard InChI is InChI=1S/C29H33FN6O9S/c1-4-44-26(40)33-46(42,43)34-16-28(2,17-34)36(14-18-5-7-20(30)8-6-18)23(37)15-35-24(38)29(45-27(35)41)12-11-19-13-21(9-10-22(19)29)32-25(39)31-3/h5-10,13H,4,11-12,14-17H2,1-3H3,(H,33,40)(H2,31,32,39)/t29-/m1/s1. The van der Waals surface area contributed by atoms with Crippen LogP contribution in [0.3, 0.4) is 0 Å². The lowest BCUT2D eigenvalue weighted by atomic mass is 9.91. The topological polar surface area (TPSA) is 184 Å². The van der Waals surface area contributed by atoms with Crippen LogP contribution >= 0.6 is 0 Å². The number of anilines is 1. The third-order valence-electron chi connectivity index (χ3n) is 8.21. The fraction of sp³-hybridized carbons (Fsp3) is 0.414. The van der Waals surface area contributed by atoms with Gasteiger partial charge in [0.25, 0.3) is 5.91 Å². The molecule has 0 aromatic heterocycles. The fourth-order valence-electron chi connectivity index (χ4n) is 5.88. The van der Waals surface area contributed by atoms with E-state index in [0.29, 0.717) is 28.8 Å². The van der Waals surface area contributed by atoms with Gasteiger partial charge in [-0.2, -0.15) is 12.7 Å². The van der Waals surface area contributed by atoms with Crippen molar-refractivity contribution in [2.75, 3.05) is 38.6 Å². The van der Waals surface area contributed by atoms with Crippen molar-refractivity contribution in [1.29, 1.82) is 0 Å². The van der Waals surface area contributed by atoms with Crippen molar-refractivity contribution in [3.05, 3.63) is 65.0 Å². The predicted octanol–water partition coefficient (Wildman–Crippen LogP) is 1.79. The lowest BCUT2D eigenvalue weighted by Crippen LogP contribution is -2.72. The molecule has 2 aromatic rings. The van der Waals surface area contributed by atoms with E-state index in [1.54, 1.807) is 29.8 Å². The molecule has 0 radical (unpaired) electrons. The van der Waals surface area contributed by atoms with Gasteiger partial charge < -0.3 is 25.0 Å². The Morgan fingerprint density at radius 2 is 1.80 bits per heavy atom. The smallest absolute Gasteiger partial charge is 0.421 e. The zero-order valence-corrected chi connectivity index (χ0v) is 26.1. The minimum absolute atomic E-state index is 0.0422. The summed E-state index contributed by atoms with van der Waals surface area (Å²) in [5, 5.41) is 5.10. The van der Waals surface area contributed by atoms with Crippen LogP contribution in [0, 0.1) is 5.82 Å². The van der Waals surface area contributed by atoms with E-state index in [9.17, 15) is 36.8 Å². The predicted molar refractivity (Wildman–Crippen MR) is 159 cm³/mol. The summed E-state index contributed by atoms with van der Waals surface area (Å²) in [6, 6.07) is 9.77. The third-order valence-corrected chi connectivity index (χ3v) is 9.57. The van der Waals surface area contributed by atoms with Gasteiger partial charge >= 0.3 is 28.4 Å². The number of nitrogens with zero attached hydrogens (tertiary/aromatic N) is 3. The van der Waals surface area contributed by atoms with Gasteiger partial charge in [-0.15, -0.1) is 0 Å². The van der Waals surface area contributed by atoms with Crippen LogP contribution in [-0.4, -0.2) is 91.4 Å².